The number of anilines is 1. The van der Waals surface area contributed by atoms with Gasteiger partial charge in [0.25, 0.3) is 5.91 Å². The minimum Gasteiger partial charge on any atom is -0.339 e. The number of carbonyl (C=O) groups is 3. The van der Waals surface area contributed by atoms with Gasteiger partial charge >= 0.3 is 6.03 Å². The van der Waals surface area contributed by atoms with Gasteiger partial charge < -0.3 is 15.1 Å². The maximum Gasteiger partial charge on any atom is 0.328 e. The van der Waals surface area contributed by atoms with Crippen molar-refractivity contribution in [3.8, 4) is 0 Å². The molecule has 0 aliphatic carbocycles. The van der Waals surface area contributed by atoms with E-state index in [1.54, 1.807) is 18.2 Å². The second-order valence-electron chi connectivity index (χ2n) is 8.21. The predicted molar refractivity (Wildman–Crippen MR) is 115 cm³/mol. The Hall–Kier alpha value is -2.16. The minimum absolute atomic E-state index is 0.0398. The predicted octanol–water partition coefficient (Wildman–Crippen LogP) is 1.54. The van der Waals surface area contributed by atoms with Gasteiger partial charge in [-0.3, -0.25) is 19.8 Å². The number of benzene rings is 1. The number of nitrogens with one attached hydrogen (secondary N) is 2. The molecule has 162 valence electrons. The number of piperidine rings is 1. The SMILES string of the molecule is O=C1CCN(c2cc(C(=O)N3CCC(CN4CCNCC4)CC3)ccc2Cl)C(=O)N1. The summed E-state index contributed by atoms with van der Waals surface area (Å²) in [6, 6.07) is 4.50. The summed E-state index contributed by atoms with van der Waals surface area (Å²) in [5.74, 6) is 0.285. The number of halogens is 1. The Bertz CT molecular complexity index is 819. The van der Waals surface area contributed by atoms with E-state index in [-0.39, 0.29) is 24.8 Å². The zero-order chi connectivity index (χ0) is 21.1. The van der Waals surface area contributed by atoms with Gasteiger partial charge in [-0.15, -0.1) is 0 Å². The van der Waals surface area contributed by atoms with Gasteiger partial charge in [0.05, 0.1) is 10.7 Å². The lowest BCUT2D eigenvalue weighted by atomic mass is 9.95. The Morgan fingerprint density at radius 1 is 1.07 bits per heavy atom. The molecule has 1 aromatic carbocycles. The molecule has 3 aliphatic heterocycles. The van der Waals surface area contributed by atoms with Crippen LogP contribution in [0, 0.1) is 5.92 Å². The topological polar surface area (TPSA) is 85.0 Å². The molecule has 3 saturated heterocycles. The molecule has 0 saturated carbocycles. The van der Waals surface area contributed by atoms with E-state index in [1.807, 2.05) is 4.90 Å². The van der Waals surface area contributed by atoms with E-state index < -0.39 is 6.03 Å². The van der Waals surface area contributed by atoms with Crippen LogP contribution in [0.5, 0.6) is 0 Å². The molecule has 0 atom stereocenters. The molecule has 1 aromatic rings. The largest absolute Gasteiger partial charge is 0.339 e. The highest BCUT2D eigenvalue weighted by Gasteiger charge is 2.29. The minimum atomic E-state index is -0.508. The number of piperazine rings is 1. The summed E-state index contributed by atoms with van der Waals surface area (Å²) in [7, 11) is 0. The molecule has 4 amide bonds. The average Bonchev–Trinajstić information content (AvgIpc) is 2.75. The highest BCUT2D eigenvalue weighted by Crippen LogP contribution is 2.29. The van der Waals surface area contributed by atoms with Gasteiger partial charge in [-0.25, -0.2) is 4.79 Å². The molecule has 3 fully saturated rings. The Morgan fingerprint density at radius 3 is 2.50 bits per heavy atom. The molecule has 0 radical (unpaired) electrons. The molecule has 2 N–H and O–H groups in total. The first kappa shape index (κ1) is 21.1. The number of rotatable bonds is 4. The van der Waals surface area contributed by atoms with Crippen LogP contribution in [0.1, 0.15) is 29.6 Å². The molecule has 3 aliphatic rings. The van der Waals surface area contributed by atoms with Crippen LogP contribution in [0.2, 0.25) is 5.02 Å². The van der Waals surface area contributed by atoms with Crippen molar-refractivity contribution >= 4 is 35.1 Å². The zero-order valence-corrected chi connectivity index (χ0v) is 17.8. The summed E-state index contributed by atoms with van der Waals surface area (Å²) in [5.41, 5.74) is 0.973. The van der Waals surface area contributed by atoms with E-state index in [4.69, 9.17) is 11.6 Å². The smallest absolute Gasteiger partial charge is 0.328 e. The Balaban J connectivity index is 1.38. The first-order valence-corrected chi connectivity index (χ1v) is 11.0. The molecule has 0 unspecified atom stereocenters. The second kappa shape index (κ2) is 9.32. The Morgan fingerprint density at radius 2 is 1.80 bits per heavy atom. The van der Waals surface area contributed by atoms with Crippen molar-refractivity contribution in [1.82, 2.24) is 20.4 Å². The van der Waals surface area contributed by atoms with Crippen LogP contribution in [0.25, 0.3) is 0 Å². The van der Waals surface area contributed by atoms with Crippen LogP contribution in [0.15, 0.2) is 18.2 Å². The van der Waals surface area contributed by atoms with Gasteiger partial charge in [0.2, 0.25) is 5.91 Å². The van der Waals surface area contributed by atoms with Gasteiger partial charge in [0.15, 0.2) is 0 Å². The highest BCUT2D eigenvalue weighted by molar-refractivity contribution is 6.34. The summed E-state index contributed by atoms with van der Waals surface area (Å²) in [5, 5.41) is 6.05. The van der Waals surface area contributed by atoms with E-state index in [1.165, 1.54) is 4.90 Å². The number of nitrogens with zero attached hydrogens (tertiary/aromatic N) is 3. The molecule has 30 heavy (non-hydrogen) atoms. The van der Waals surface area contributed by atoms with E-state index in [0.717, 1.165) is 58.7 Å². The monoisotopic (exact) mass is 433 g/mol. The third-order valence-corrected chi connectivity index (χ3v) is 6.49. The Kier molecular flexibility index (Phi) is 6.55. The molecule has 9 heteroatoms. The van der Waals surface area contributed by atoms with Crippen LogP contribution in [0.3, 0.4) is 0 Å². The van der Waals surface area contributed by atoms with E-state index in [0.29, 0.717) is 22.2 Å². The third-order valence-electron chi connectivity index (χ3n) is 6.17. The molecule has 8 nitrogen and oxygen atoms in total. The maximum absolute atomic E-state index is 13.1. The van der Waals surface area contributed by atoms with E-state index >= 15 is 0 Å². The van der Waals surface area contributed by atoms with Gasteiger partial charge in [0.1, 0.15) is 0 Å². The number of hydrogen-bond donors (Lipinski definition) is 2. The first-order chi connectivity index (χ1) is 14.5. The summed E-state index contributed by atoms with van der Waals surface area (Å²) in [4.78, 5) is 42.5. The third kappa shape index (κ3) is 4.77. The van der Waals surface area contributed by atoms with Gasteiger partial charge in [-0.1, -0.05) is 11.6 Å². The highest BCUT2D eigenvalue weighted by atomic mass is 35.5. The number of carbonyl (C=O) groups excluding carboxylic acids is 3. The lowest BCUT2D eigenvalue weighted by Gasteiger charge is -2.36. The summed E-state index contributed by atoms with van der Waals surface area (Å²) < 4.78 is 0. The number of amides is 4. The molecule has 0 bridgehead atoms. The van der Waals surface area contributed by atoms with Crippen LogP contribution < -0.4 is 15.5 Å². The lowest BCUT2D eigenvalue weighted by Crippen LogP contribution is -2.49. The standard InChI is InChI=1S/C21H28ClN5O3/c22-17-2-1-16(13-18(17)27-10-5-19(28)24-21(27)30)20(29)26-8-3-15(4-9-26)14-25-11-6-23-7-12-25/h1-2,13,15,23H,3-12,14H2,(H,24,28,30). The van der Waals surface area contributed by atoms with Crippen molar-refractivity contribution in [1.29, 1.82) is 0 Å². The Labute approximate surface area is 181 Å². The van der Waals surface area contributed by atoms with Crippen LogP contribution >= 0.6 is 11.6 Å². The fourth-order valence-electron chi connectivity index (χ4n) is 4.41. The van der Waals surface area contributed by atoms with Crippen molar-refractivity contribution in [2.24, 2.45) is 5.92 Å². The second-order valence-corrected chi connectivity index (χ2v) is 8.61. The summed E-state index contributed by atoms with van der Waals surface area (Å²) >= 11 is 6.29. The van der Waals surface area contributed by atoms with Crippen molar-refractivity contribution < 1.29 is 14.4 Å². The van der Waals surface area contributed by atoms with Crippen LogP contribution in [-0.4, -0.2) is 80.0 Å². The number of hydrogen-bond acceptors (Lipinski definition) is 5. The maximum atomic E-state index is 13.1. The molecular formula is C21H28ClN5O3. The van der Waals surface area contributed by atoms with Gasteiger partial charge in [0, 0.05) is 64.3 Å². The molecule has 0 aromatic heterocycles. The fourth-order valence-corrected chi connectivity index (χ4v) is 4.63. The fraction of sp³-hybridized carbons (Fsp3) is 0.571. The van der Waals surface area contributed by atoms with Crippen molar-refractivity contribution in [2.75, 3.05) is 57.3 Å². The number of imide groups is 1. The normalized spacial score (nSPS) is 21.6. The van der Waals surface area contributed by atoms with Crippen molar-refractivity contribution in [3.63, 3.8) is 0 Å². The molecular weight excluding hydrogens is 406 g/mol. The molecule has 4 rings (SSSR count). The van der Waals surface area contributed by atoms with E-state index in [9.17, 15) is 14.4 Å². The summed E-state index contributed by atoms with van der Waals surface area (Å²) in [6.45, 7) is 7.15. The number of urea groups is 1. The van der Waals surface area contributed by atoms with Gasteiger partial charge in [-0.05, 0) is 37.0 Å². The van der Waals surface area contributed by atoms with Gasteiger partial charge in [-0.2, -0.15) is 0 Å². The summed E-state index contributed by atoms with van der Waals surface area (Å²) in [6.07, 6.45) is 2.22. The van der Waals surface area contributed by atoms with E-state index in [2.05, 4.69) is 15.5 Å². The number of likely N-dealkylation sites (tertiary alicyclic amines) is 1. The van der Waals surface area contributed by atoms with Crippen molar-refractivity contribution in [2.45, 2.75) is 19.3 Å². The first-order valence-electron chi connectivity index (χ1n) is 10.6. The average molecular weight is 434 g/mol. The van der Waals surface area contributed by atoms with Crippen LogP contribution in [-0.2, 0) is 4.79 Å². The van der Waals surface area contributed by atoms with Crippen molar-refractivity contribution in [3.05, 3.63) is 28.8 Å². The molecule has 0 spiro atoms. The quantitative estimate of drug-likeness (QED) is 0.752. The molecule has 3 heterocycles. The zero-order valence-electron chi connectivity index (χ0n) is 17.0. The van der Waals surface area contributed by atoms with Crippen LogP contribution in [0.4, 0.5) is 10.5 Å². The lowest BCUT2D eigenvalue weighted by molar-refractivity contribution is -0.120.